The Hall–Kier alpha value is -0.650. The molecule has 1 rings (SSSR count). The molecule has 0 spiro atoms. The van der Waals surface area contributed by atoms with Gasteiger partial charge >= 0.3 is 0 Å². The third kappa shape index (κ3) is 4.23. The summed E-state index contributed by atoms with van der Waals surface area (Å²) in [6.45, 7) is 9.88. The normalized spacial score (nSPS) is 21.9. The van der Waals surface area contributed by atoms with E-state index in [0.717, 1.165) is 25.9 Å². The molecule has 0 aromatic rings. The third-order valence-electron chi connectivity index (χ3n) is 3.91. The molecule has 1 atom stereocenters. The molecule has 0 radical (unpaired) electrons. The van der Waals surface area contributed by atoms with Gasteiger partial charge in [0.05, 0.1) is 6.61 Å². The molecular weight excluding hydrogens is 230 g/mol. The highest BCUT2D eigenvalue weighted by atomic mass is 16.5. The molecule has 0 bridgehead atoms. The highest BCUT2D eigenvalue weighted by molar-refractivity contribution is 5.81. The highest BCUT2D eigenvalue weighted by Crippen LogP contribution is 2.10. The number of amides is 1. The van der Waals surface area contributed by atoms with E-state index in [1.165, 1.54) is 0 Å². The summed E-state index contributed by atoms with van der Waals surface area (Å²) in [5.41, 5.74) is 5.87. The molecule has 1 fully saturated rings. The first kappa shape index (κ1) is 15.4. The molecule has 0 saturated carbocycles. The molecule has 1 saturated heterocycles. The van der Waals surface area contributed by atoms with Gasteiger partial charge in [-0.2, -0.15) is 0 Å². The Morgan fingerprint density at radius 1 is 1.44 bits per heavy atom. The minimum absolute atomic E-state index is 0.0372. The van der Waals surface area contributed by atoms with Gasteiger partial charge in [-0.05, 0) is 19.4 Å². The third-order valence-corrected chi connectivity index (χ3v) is 3.91. The summed E-state index contributed by atoms with van der Waals surface area (Å²) in [5.74, 6) is -0.0372. The van der Waals surface area contributed by atoms with Crippen LogP contribution in [0.3, 0.4) is 0 Å². The predicted molar refractivity (Wildman–Crippen MR) is 72.4 cm³/mol. The Morgan fingerprint density at radius 3 is 2.67 bits per heavy atom. The van der Waals surface area contributed by atoms with Crippen molar-refractivity contribution in [2.24, 2.45) is 5.73 Å². The van der Waals surface area contributed by atoms with Crippen molar-refractivity contribution in [3.63, 3.8) is 0 Å². The van der Waals surface area contributed by atoms with Crippen LogP contribution in [0.15, 0.2) is 0 Å². The Morgan fingerprint density at radius 2 is 2.11 bits per heavy atom. The summed E-state index contributed by atoms with van der Waals surface area (Å²) in [7, 11) is 0. The second kappa shape index (κ2) is 7.07. The van der Waals surface area contributed by atoms with E-state index >= 15 is 0 Å². The average molecular weight is 257 g/mol. The molecule has 18 heavy (non-hydrogen) atoms. The van der Waals surface area contributed by atoms with Crippen molar-refractivity contribution < 1.29 is 9.53 Å². The van der Waals surface area contributed by atoms with Crippen LogP contribution in [0.1, 0.15) is 33.6 Å². The smallest absolute Gasteiger partial charge is 0.250 e. The van der Waals surface area contributed by atoms with Crippen LogP contribution >= 0.6 is 0 Å². The molecule has 0 aliphatic carbocycles. The SMILES string of the molecule is CCN1CCOC(C(=O)NCC(N)(CC)CC)C1. The van der Waals surface area contributed by atoms with Gasteiger partial charge in [0.15, 0.2) is 0 Å². The standard InChI is InChI=1S/C13H27N3O2/c1-4-13(14,5-2)10-15-12(17)11-9-16(6-3)7-8-18-11/h11H,4-10,14H2,1-3H3,(H,15,17). The number of morpholine rings is 1. The van der Waals surface area contributed by atoms with Crippen LogP contribution in [0.2, 0.25) is 0 Å². The summed E-state index contributed by atoms with van der Waals surface area (Å²) in [6, 6.07) is 0. The quantitative estimate of drug-likeness (QED) is 0.720. The van der Waals surface area contributed by atoms with Crippen LogP contribution in [0.4, 0.5) is 0 Å². The van der Waals surface area contributed by atoms with Crippen molar-refractivity contribution in [3.8, 4) is 0 Å². The number of carbonyl (C=O) groups is 1. The van der Waals surface area contributed by atoms with Gasteiger partial charge < -0.3 is 15.8 Å². The number of likely N-dealkylation sites (N-methyl/N-ethyl adjacent to an activating group) is 1. The second-order valence-corrected chi connectivity index (χ2v) is 5.04. The summed E-state index contributed by atoms with van der Waals surface area (Å²) in [4.78, 5) is 14.2. The Labute approximate surface area is 110 Å². The largest absolute Gasteiger partial charge is 0.366 e. The molecule has 0 aromatic carbocycles. The summed E-state index contributed by atoms with van der Waals surface area (Å²) in [5, 5.41) is 2.92. The van der Waals surface area contributed by atoms with Gasteiger partial charge in [-0.1, -0.05) is 20.8 Å². The molecule has 1 aliphatic rings. The Balaban J connectivity index is 2.40. The minimum Gasteiger partial charge on any atom is -0.366 e. The first-order chi connectivity index (χ1) is 8.54. The number of nitrogens with one attached hydrogen (secondary N) is 1. The molecule has 1 amide bonds. The molecule has 106 valence electrons. The fourth-order valence-electron chi connectivity index (χ4n) is 2.03. The lowest BCUT2D eigenvalue weighted by atomic mass is 9.94. The highest BCUT2D eigenvalue weighted by Gasteiger charge is 2.28. The zero-order valence-electron chi connectivity index (χ0n) is 11.9. The van der Waals surface area contributed by atoms with E-state index < -0.39 is 0 Å². The van der Waals surface area contributed by atoms with Crippen molar-refractivity contribution in [1.82, 2.24) is 10.2 Å². The fourth-order valence-corrected chi connectivity index (χ4v) is 2.03. The number of hydrogen-bond donors (Lipinski definition) is 2. The molecule has 1 aliphatic heterocycles. The number of nitrogens with two attached hydrogens (primary N) is 1. The van der Waals surface area contributed by atoms with Gasteiger partial charge in [0, 0.05) is 25.2 Å². The zero-order chi connectivity index (χ0) is 13.6. The van der Waals surface area contributed by atoms with Crippen LogP contribution in [0, 0.1) is 0 Å². The molecule has 5 nitrogen and oxygen atoms in total. The number of nitrogens with zero attached hydrogens (tertiary/aromatic N) is 1. The van der Waals surface area contributed by atoms with Gasteiger partial charge in [0.1, 0.15) is 6.10 Å². The predicted octanol–water partition coefficient (Wildman–Crippen LogP) is 0.341. The second-order valence-electron chi connectivity index (χ2n) is 5.04. The lowest BCUT2D eigenvalue weighted by Gasteiger charge is -2.32. The van der Waals surface area contributed by atoms with Crippen LogP contribution in [0.5, 0.6) is 0 Å². The van der Waals surface area contributed by atoms with Gasteiger partial charge in [-0.15, -0.1) is 0 Å². The summed E-state index contributed by atoms with van der Waals surface area (Å²) in [6.07, 6.45) is 1.36. The first-order valence-corrected chi connectivity index (χ1v) is 6.95. The van der Waals surface area contributed by atoms with Gasteiger partial charge in [-0.3, -0.25) is 9.69 Å². The lowest BCUT2D eigenvalue weighted by Crippen LogP contribution is -2.54. The summed E-state index contributed by atoms with van der Waals surface area (Å²) < 4.78 is 5.51. The maximum atomic E-state index is 12.0. The number of hydrogen-bond acceptors (Lipinski definition) is 4. The van der Waals surface area contributed by atoms with Crippen molar-refractivity contribution in [1.29, 1.82) is 0 Å². The number of rotatable bonds is 6. The molecule has 3 N–H and O–H groups in total. The van der Waals surface area contributed by atoms with Gasteiger partial charge in [-0.25, -0.2) is 0 Å². The van der Waals surface area contributed by atoms with Crippen LogP contribution in [0.25, 0.3) is 0 Å². The molecule has 0 aromatic heterocycles. The number of ether oxygens (including phenoxy) is 1. The van der Waals surface area contributed by atoms with Gasteiger partial charge in [0.25, 0.3) is 5.91 Å². The van der Waals surface area contributed by atoms with E-state index in [1.54, 1.807) is 0 Å². The van der Waals surface area contributed by atoms with Gasteiger partial charge in [0.2, 0.25) is 0 Å². The lowest BCUT2D eigenvalue weighted by molar-refractivity contribution is -0.138. The zero-order valence-corrected chi connectivity index (χ0v) is 11.9. The maximum Gasteiger partial charge on any atom is 0.250 e. The molecular formula is C13H27N3O2. The van der Waals surface area contributed by atoms with E-state index in [4.69, 9.17) is 10.5 Å². The van der Waals surface area contributed by atoms with E-state index in [9.17, 15) is 4.79 Å². The van der Waals surface area contributed by atoms with Crippen LogP contribution in [-0.4, -0.2) is 55.2 Å². The molecule has 5 heteroatoms. The maximum absolute atomic E-state index is 12.0. The fraction of sp³-hybridized carbons (Fsp3) is 0.923. The van der Waals surface area contributed by atoms with Crippen molar-refractivity contribution in [3.05, 3.63) is 0 Å². The van der Waals surface area contributed by atoms with Crippen molar-refractivity contribution >= 4 is 5.91 Å². The minimum atomic E-state index is -0.350. The van der Waals surface area contributed by atoms with Crippen molar-refractivity contribution in [2.75, 3.05) is 32.8 Å². The first-order valence-electron chi connectivity index (χ1n) is 6.95. The van der Waals surface area contributed by atoms with Crippen molar-refractivity contribution in [2.45, 2.75) is 45.3 Å². The number of carbonyl (C=O) groups excluding carboxylic acids is 1. The monoisotopic (exact) mass is 257 g/mol. The summed E-state index contributed by atoms with van der Waals surface area (Å²) >= 11 is 0. The molecule has 1 heterocycles. The van der Waals surface area contributed by atoms with E-state index in [2.05, 4.69) is 17.1 Å². The van der Waals surface area contributed by atoms with E-state index in [1.807, 2.05) is 13.8 Å². The van der Waals surface area contributed by atoms with Crippen LogP contribution in [-0.2, 0) is 9.53 Å². The molecule has 1 unspecified atom stereocenters. The Bertz CT molecular complexity index is 267. The Kier molecular flexibility index (Phi) is 6.05. The topological polar surface area (TPSA) is 67.6 Å². The van der Waals surface area contributed by atoms with E-state index in [0.29, 0.717) is 19.7 Å². The van der Waals surface area contributed by atoms with Crippen LogP contribution < -0.4 is 11.1 Å². The van der Waals surface area contributed by atoms with E-state index in [-0.39, 0.29) is 17.6 Å². The average Bonchev–Trinajstić information content (AvgIpc) is 2.44.